The molecule has 6 heteroatoms. The maximum absolute atomic E-state index is 12.9. The number of aryl methyl sites for hydroxylation is 1. The minimum absolute atomic E-state index is 0.221. The van der Waals surface area contributed by atoms with Gasteiger partial charge < -0.3 is 4.90 Å². The summed E-state index contributed by atoms with van der Waals surface area (Å²) >= 11 is 0. The van der Waals surface area contributed by atoms with Gasteiger partial charge in [0.1, 0.15) is 0 Å². The molecule has 0 saturated carbocycles. The molecule has 5 nitrogen and oxygen atoms in total. The van der Waals surface area contributed by atoms with Gasteiger partial charge in [-0.2, -0.15) is 4.31 Å². The van der Waals surface area contributed by atoms with Crippen LogP contribution in [0, 0.1) is 6.92 Å². The molecule has 23 heavy (non-hydrogen) atoms. The van der Waals surface area contributed by atoms with Gasteiger partial charge in [0, 0.05) is 38.3 Å². The highest BCUT2D eigenvalue weighted by atomic mass is 32.2. The molecule has 2 rings (SSSR count). The summed E-state index contributed by atoms with van der Waals surface area (Å²) in [6.45, 7) is 9.20. The number of hydrogen-bond acceptors (Lipinski definition) is 4. The Labute approximate surface area is 140 Å². The fourth-order valence-corrected chi connectivity index (χ4v) is 4.89. The number of nitrogens with zero attached hydrogens (tertiary/aromatic N) is 3. The monoisotopic (exact) mass is 339 g/mol. The van der Waals surface area contributed by atoms with Crippen molar-refractivity contribution in [1.82, 2.24) is 14.1 Å². The Balaban J connectivity index is 2.14. The van der Waals surface area contributed by atoms with Crippen molar-refractivity contribution in [3.05, 3.63) is 29.8 Å². The zero-order chi connectivity index (χ0) is 17.2. The summed E-state index contributed by atoms with van der Waals surface area (Å²) in [6.07, 6.45) is 0. The molecule has 0 aromatic heterocycles. The molecule has 1 aromatic carbocycles. The number of benzene rings is 1. The predicted molar refractivity (Wildman–Crippen MR) is 94.1 cm³/mol. The van der Waals surface area contributed by atoms with Crippen molar-refractivity contribution in [3.63, 3.8) is 0 Å². The summed E-state index contributed by atoms with van der Waals surface area (Å²) in [5.74, 6) is 0. The highest BCUT2D eigenvalue weighted by Crippen LogP contribution is 2.23. The predicted octanol–water partition coefficient (Wildman–Crippen LogP) is 1.64. The van der Waals surface area contributed by atoms with E-state index in [-0.39, 0.29) is 12.1 Å². The lowest BCUT2D eigenvalue weighted by molar-refractivity contribution is 0.0708. The van der Waals surface area contributed by atoms with Crippen molar-refractivity contribution in [2.75, 3.05) is 40.3 Å². The zero-order valence-corrected chi connectivity index (χ0v) is 15.7. The second-order valence-corrected chi connectivity index (χ2v) is 8.82. The molecular formula is C17H29N3O2S. The van der Waals surface area contributed by atoms with E-state index < -0.39 is 10.0 Å². The molecule has 1 saturated heterocycles. The first-order valence-corrected chi connectivity index (χ1v) is 9.63. The molecule has 1 fully saturated rings. The molecule has 0 N–H and O–H groups in total. The van der Waals surface area contributed by atoms with E-state index in [1.54, 1.807) is 16.4 Å². The van der Waals surface area contributed by atoms with Crippen LogP contribution in [0.15, 0.2) is 29.2 Å². The van der Waals surface area contributed by atoms with Gasteiger partial charge in [-0.15, -0.1) is 0 Å². The zero-order valence-electron chi connectivity index (χ0n) is 14.9. The largest absolute Gasteiger partial charge is 0.308 e. The van der Waals surface area contributed by atoms with Gasteiger partial charge in [-0.3, -0.25) is 4.90 Å². The van der Waals surface area contributed by atoms with Crippen LogP contribution < -0.4 is 0 Å². The Morgan fingerprint density at radius 3 is 2.30 bits per heavy atom. The van der Waals surface area contributed by atoms with Gasteiger partial charge >= 0.3 is 0 Å². The van der Waals surface area contributed by atoms with E-state index in [1.165, 1.54) is 0 Å². The Kier molecular flexibility index (Phi) is 5.84. The fraction of sp³-hybridized carbons (Fsp3) is 0.647. The maximum Gasteiger partial charge on any atom is 0.243 e. The van der Waals surface area contributed by atoms with Crippen molar-refractivity contribution in [1.29, 1.82) is 0 Å². The minimum Gasteiger partial charge on any atom is -0.308 e. The quantitative estimate of drug-likeness (QED) is 0.818. The van der Waals surface area contributed by atoms with Crippen LogP contribution in [0.4, 0.5) is 0 Å². The lowest BCUT2D eigenvalue weighted by Crippen LogP contribution is -2.58. The lowest BCUT2D eigenvalue weighted by atomic mass is 10.1. The van der Waals surface area contributed by atoms with Gasteiger partial charge in [-0.25, -0.2) is 8.42 Å². The standard InChI is InChI=1S/C17H29N3O2S/c1-14-7-6-8-17(11-14)23(21,22)19-12-15(2)20(16(3)13-19)10-9-18(4)5/h6-8,11,15-16H,9-10,12-13H2,1-5H3. The third-order valence-corrected chi connectivity index (χ3v) is 6.33. The summed E-state index contributed by atoms with van der Waals surface area (Å²) in [7, 11) is 0.718. The molecule has 2 atom stereocenters. The van der Waals surface area contributed by atoms with E-state index in [0.717, 1.165) is 18.7 Å². The third-order valence-electron chi connectivity index (χ3n) is 4.50. The second-order valence-electron chi connectivity index (χ2n) is 6.88. The number of rotatable bonds is 5. The number of hydrogen-bond donors (Lipinski definition) is 0. The summed E-state index contributed by atoms with van der Waals surface area (Å²) in [6, 6.07) is 7.61. The number of likely N-dealkylation sites (N-methyl/N-ethyl adjacent to an activating group) is 1. The van der Waals surface area contributed by atoms with Crippen LogP contribution in [0.2, 0.25) is 0 Å². The summed E-state index contributed by atoms with van der Waals surface area (Å²) in [4.78, 5) is 4.97. The van der Waals surface area contributed by atoms with Gasteiger partial charge in [0.25, 0.3) is 0 Å². The molecule has 1 aromatic rings. The molecule has 130 valence electrons. The topological polar surface area (TPSA) is 43.9 Å². The molecule has 0 bridgehead atoms. The van der Waals surface area contributed by atoms with Crippen molar-refractivity contribution in [2.24, 2.45) is 0 Å². The van der Waals surface area contributed by atoms with Crippen LogP contribution in [0.3, 0.4) is 0 Å². The lowest BCUT2D eigenvalue weighted by Gasteiger charge is -2.44. The molecular weight excluding hydrogens is 310 g/mol. The van der Waals surface area contributed by atoms with Gasteiger partial charge in [0.05, 0.1) is 4.90 Å². The summed E-state index contributed by atoms with van der Waals surface area (Å²) < 4.78 is 27.4. The molecule has 1 aliphatic heterocycles. The van der Waals surface area contributed by atoms with E-state index in [0.29, 0.717) is 18.0 Å². The van der Waals surface area contributed by atoms with Crippen molar-refractivity contribution in [3.8, 4) is 0 Å². The summed E-state index contributed by atoms with van der Waals surface area (Å²) in [5, 5.41) is 0. The Hall–Kier alpha value is -0.950. The molecule has 0 spiro atoms. The first-order valence-electron chi connectivity index (χ1n) is 8.19. The van der Waals surface area contributed by atoms with E-state index in [1.807, 2.05) is 19.1 Å². The first-order chi connectivity index (χ1) is 10.7. The van der Waals surface area contributed by atoms with Crippen molar-refractivity contribution >= 4 is 10.0 Å². The SMILES string of the molecule is Cc1cccc(S(=O)(=O)N2CC(C)N(CCN(C)C)C(C)C2)c1. The molecule has 1 aliphatic rings. The number of piperazine rings is 1. The summed E-state index contributed by atoms with van der Waals surface area (Å²) in [5.41, 5.74) is 0.969. The average molecular weight is 340 g/mol. The first kappa shape index (κ1) is 18.4. The second kappa shape index (κ2) is 7.30. The molecule has 2 unspecified atom stereocenters. The Morgan fingerprint density at radius 1 is 1.17 bits per heavy atom. The van der Waals surface area contributed by atoms with E-state index >= 15 is 0 Å². The third kappa shape index (κ3) is 4.32. The molecule has 0 amide bonds. The van der Waals surface area contributed by atoms with Gasteiger partial charge in [0.2, 0.25) is 10.0 Å². The minimum atomic E-state index is -3.41. The molecule has 0 aliphatic carbocycles. The fourth-order valence-electron chi connectivity index (χ4n) is 3.19. The highest BCUT2D eigenvalue weighted by Gasteiger charge is 2.35. The van der Waals surface area contributed by atoms with Gasteiger partial charge in [0.15, 0.2) is 0 Å². The Bertz CT molecular complexity index is 618. The van der Waals surface area contributed by atoms with E-state index in [4.69, 9.17) is 0 Å². The van der Waals surface area contributed by atoms with Gasteiger partial charge in [-0.05, 0) is 52.6 Å². The highest BCUT2D eigenvalue weighted by molar-refractivity contribution is 7.89. The van der Waals surface area contributed by atoms with E-state index in [2.05, 4.69) is 37.7 Å². The molecule has 0 radical (unpaired) electrons. The van der Waals surface area contributed by atoms with Crippen molar-refractivity contribution in [2.45, 2.75) is 37.8 Å². The molecule has 1 heterocycles. The van der Waals surface area contributed by atoms with Crippen LogP contribution in [0.5, 0.6) is 0 Å². The van der Waals surface area contributed by atoms with Gasteiger partial charge in [-0.1, -0.05) is 12.1 Å². The average Bonchev–Trinajstić information content (AvgIpc) is 2.45. The van der Waals surface area contributed by atoms with E-state index in [9.17, 15) is 8.42 Å². The van der Waals surface area contributed by atoms with Crippen molar-refractivity contribution < 1.29 is 8.42 Å². The van der Waals surface area contributed by atoms with Crippen LogP contribution in [-0.2, 0) is 10.0 Å². The smallest absolute Gasteiger partial charge is 0.243 e. The number of sulfonamides is 1. The van der Waals surface area contributed by atoms with Crippen LogP contribution >= 0.6 is 0 Å². The Morgan fingerprint density at radius 2 is 1.78 bits per heavy atom. The van der Waals surface area contributed by atoms with Crippen LogP contribution in [0.1, 0.15) is 19.4 Å². The van der Waals surface area contributed by atoms with Crippen LogP contribution in [-0.4, -0.2) is 74.9 Å². The van der Waals surface area contributed by atoms with Crippen LogP contribution in [0.25, 0.3) is 0 Å². The normalized spacial score (nSPS) is 24.3. The maximum atomic E-state index is 12.9.